The van der Waals surface area contributed by atoms with Crippen LogP contribution in [0.1, 0.15) is 5.56 Å². The minimum atomic E-state index is 0.322. The monoisotopic (exact) mass is 672 g/mol. The molecule has 7 rings (SSSR count). The van der Waals surface area contributed by atoms with Crippen molar-refractivity contribution < 1.29 is 35.7 Å². The predicted molar refractivity (Wildman–Crippen MR) is 201 cm³/mol. The van der Waals surface area contributed by atoms with Crippen molar-refractivity contribution in [2.24, 2.45) is 0 Å². The molecule has 7 N–H and O–H groups in total. The van der Waals surface area contributed by atoms with Gasteiger partial charge in [-0.1, -0.05) is 127 Å². The molecule has 0 radical (unpaired) electrons. The second-order valence-electron chi connectivity index (χ2n) is 9.80. The van der Waals surface area contributed by atoms with Gasteiger partial charge in [-0.15, -0.1) is 0 Å². The highest BCUT2D eigenvalue weighted by atomic mass is 16.3. The van der Waals surface area contributed by atoms with Crippen LogP contribution in [0.3, 0.4) is 0 Å². The molecule has 7 nitrogen and oxygen atoms in total. The Hall–Kier alpha value is -6.86. The largest absolute Gasteiger partial charge is 0.508 e. The van der Waals surface area contributed by atoms with Crippen molar-refractivity contribution >= 4 is 0 Å². The van der Waals surface area contributed by atoms with Gasteiger partial charge in [0.25, 0.3) is 0 Å². The number of phenols is 7. The summed E-state index contributed by atoms with van der Waals surface area (Å²) in [6, 6.07) is 59.5. The highest BCUT2D eigenvalue weighted by molar-refractivity contribution is 5.30. The molecule has 7 aromatic rings. The average molecular weight is 673 g/mol. The summed E-state index contributed by atoms with van der Waals surface area (Å²) < 4.78 is 0. The van der Waals surface area contributed by atoms with Crippen LogP contribution >= 0.6 is 0 Å². The van der Waals surface area contributed by atoms with E-state index in [1.54, 1.807) is 152 Å². The molecule has 50 heavy (non-hydrogen) atoms. The Kier molecular flexibility index (Phi) is 22.5. The smallest absolute Gasteiger partial charge is 0.118 e. The molecule has 0 heterocycles. The van der Waals surface area contributed by atoms with Crippen molar-refractivity contribution in [2.75, 3.05) is 0 Å². The number of hydrogen-bond acceptors (Lipinski definition) is 7. The fourth-order valence-electron chi connectivity index (χ4n) is 3.13. The van der Waals surface area contributed by atoms with Gasteiger partial charge in [0.2, 0.25) is 0 Å². The van der Waals surface area contributed by atoms with Crippen molar-refractivity contribution in [1.82, 2.24) is 0 Å². The van der Waals surface area contributed by atoms with Gasteiger partial charge in [-0.2, -0.15) is 0 Å². The summed E-state index contributed by atoms with van der Waals surface area (Å²) >= 11 is 0. The Labute approximate surface area is 294 Å². The minimum absolute atomic E-state index is 0.322. The molecule has 0 saturated carbocycles. The Bertz CT molecular complexity index is 1430. The van der Waals surface area contributed by atoms with Gasteiger partial charge in [-0.3, -0.25) is 0 Å². The van der Waals surface area contributed by atoms with Crippen LogP contribution in [0.4, 0.5) is 0 Å². The van der Waals surface area contributed by atoms with E-state index in [2.05, 4.69) is 0 Å². The fraction of sp³-hybridized carbons (Fsp3) is 0.0233. The first-order chi connectivity index (χ1) is 24.2. The van der Waals surface area contributed by atoms with E-state index in [1.165, 1.54) is 0 Å². The zero-order valence-electron chi connectivity index (χ0n) is 27.8. The number of phenolic OH excluding ortho intramolecular Hbond substituents is 7. The van der Waals surface area contributed by atoms with Crippen LogP contribution in [0.5, 0.6) is 40.2 Å². The van der Waals surface area contributed by atoms with E-state index in [0.29, 0.717) is 40.2 Å². The van der Waals surface area contributed by atoms with Crippen LogP contribution in [0.25, 0.3) is 0 Å². The molecular formula is C43H44O7. The number of hydrogen-bond donors (Lipinski definition) is 7. The predicted octanol–water partition coefficient (Wildman–Crippen LogP) is 10.1. The van der Waals surface area contributed by atoms with Crippen molar-refractivity contribution in [3.05, 3.63) is 212 Å². The molecule has 0 amide bonds. The van der Waals surface area contributed by atoms with Crippen LogP contribution in [0, 0.1) is 6.92 Å². The maximum atomic E-state index is 8.92. The number of rotatable bonds is 0. The summed E-state index contributed by atoms with van der Waals surface area (Å²) in [7, 11) is 0. The third-order valence-electron chi connectivity index (χ3n) is 5.65. The van der Waals surface area contributed by atoms with Crippen molar-refractivity contribution in [2.45, 2.75) is 6.92 Å². The molecule has 0 aromatic heterocycles. The summed E-state index contributed by atoms with van der Waals surface area (Å²) in [4.78, 5) is 0. The molecule has 7 aromatic carbocycles. The lowest BCUT2D eigenvalue weighted by atomic mass is 10.2. The van der Waals surface area contributed by atoms with Gasteiger partial charge in [0.15, 0.2) is 0 Å². The van der Waals surface area contributed by atoms with Gasteiger partial charge in [0, 0.05) is 0 Å². The normalized spacial score (nSPS) is 8.66. The van der Waals surface area contributed by atoms with E-state index >= 15 is 0 Å². The quantitative estimate of drug-likeness (QED) is 0.0850. The molecular weight excluding hydrogens is 628 g/mol. The van der Waals surface area contributed by atoms with Crippen molar-refractivity contribution in [1.29, 1.82) is 0 Å². The van der Waals surface area contributed by atoms with Gasteiger partial charge in [-0.25, -0.2) is 0 Å². The molecule has 0 fully saturated rings. The minimum Gasteiger partial charge on any atom is -0.508 e. The number of benzene rings is 7. The van der Waals surface area contributed by atoms with Crippen LogP contribution in [0.15, 0.2) is 206 Å². The summed E-state index contributed by atoms with van der Waals surface area (Å²) in [5, 5.41) is 60.7. The molecule has 0 unspecified atom stereocenters. The number of aryl methyl sites for hydroxylation is 1. The topological polar surface area (TPSA) is 142 Å². The van der Waals surface area contributed by atoms with E-state index < -0.39 is 0 Å². The molecule has 0 aliphatic heterocycles. The lowest BCUT2D eigenvalue weighted by molar-refractivity contribution is 0.471. The van der Waals surface area contributed by atoms with E-state index in [1.807, 2.05) is 61.5 Å². The Balaban J connectivity index is 0.000000292. The summed E-state index contributed by atoms with van der Waals surface area (Å²) in [5.41, 5.74) is 0.924. The molecule has 0 atom stereocenters. The third-order valence-corrected chi connectivity index (χ3v) is 5.65. The molecule has 0 aliphatic carbocycles. The maximum absolute atomic E-state index is 8.92. The van der Waals surface area contributed by atoms with Gasteiger partial charge >= 0.3 is 0 Å². The zero-order valence-corrected chi connectivity index (χ0v) is 27.8. The second-order valence-corrected chi connectivity index (χ2v) is 9.80. The van der Waals surface area contributed by atoms with Gasteiger partial charge in [0.05, 0.1) is 0 Å². The fourth-order valence-corrected chi connectivity index (χ4v) is 3.13. The zero-order chi connectivity index (χ0) is 36.7. The first-order valence-corrected chi connectivity index (χ1v) is 15.4. The van der Waals surface area contributed by atoms with Gasteiger partial charge in [0.1, 0.15) is 40.2 Å². The van der Waals surface area contributed by atoms with E-state index in [9.17, 15) is 0 Å². The van der Waals surface area contributed by atoms with E-state index in [-0.39, 0.29) is 0 Å². The van der Waals surface area contributed by atoms with Gasteiger partial charge < -0.3 is 35.7 Å². The van der Waals surface area contributed by atoms with Crippen LogP contribution in [0.2, 0.25) is 0 Å². The average Bonchev–Trinajstić information content (AvgIpc) is 3.13. The molecule has 7 heteroatoms. The van der Waals surface area contributed by atoms with Crippen molar-refractivity contribution in [3.8, 4) is 40.2 Å². The highest BCUT2D eigenvalue weighted by Gasteiger charge is 1.87. The Morgan fingerprint density at radius 1 is 0.220 bits per heavy atom. The van der Waals surface area contributed by atoms with E-state index in [4.69, 9.17) is 35.7 Å². The number of para-hydroxylation sites is 7. The standard InChI is InChI=1S/C7H8O.6C6H6O/c1-6-4-2-3-5-7(6)8;6*7-6-4-2-1-3-5-6/h2-5,8H,1H3;6*1-5,7H. The summed E-state index contributed by atoms with van der Waals surface area (Å²) in [6.45, 7) is 1.87. The molecule has 0 saturated heterocycles. The molecule has 0 spiro atoms. The van der Waals surface area contributed by atoms with Crippen LogP contribution in [-0.2, 0) is 0 Å². The lowest BCUT2D eigenvalue weighted by Crippen LogP contribution is -1.68. The van der Waals surface area contributed by atoms with Crippen molar-refractivity contribution in [3.63, 3.8) is 0 Å². The SMILES string of the molecule is Cc1ccccc1O.Oc1ccccc1.Oc1ccccc1.Oc1ccccc1.Oc1ccccc1.Oc1ccccc1.Oc1ccccc1. The summed E-state index contributed by atoms with van der Waals surface area (Å²) in [5.74, 6) is 2.30. The Morgan fingerprint density at radius 3 is 0.480 bits per heavy atom. The first-order valence-electron chi connectivity index (χ1n) is 15.4. The third kappa shape index (κ3) is 24.4. The number of aromatic hydroxyl groups is 7. The van der Waals surface area contributed by atoms with Crippen LogP contribution in [-0.4, -0.2) is 35.7 Å². The second kappa shape index (κ2) is 27.3. The summed E-state index contributed by atoms with van der Waals surface area (Å²) in [6.07, 6.45) is 0. The van der Waals surface area contributed by atoms with Crippen LogP contribution < -0.4 is 0 Å². The maximum Gasteiger partial charge on any atom is 0.118 e. The molecule has 258 valence electrons. The van der Waals surface area contributed by atoms with E-state index in [0.717, 1.165) is 5.56 Å². The molecule has 0 bridgehead atoms. The highest BCUT2D eigenvalue weighted by Crippen LogP contribution is 2.12. The molecule has 0 aliphatic rings. The Morgan fingerprint density at radius 2 is 0.380 bits per heavy atom. The first kappa shape index (κ1) is 41.2. The van der Waals surface area contributed by atoms with Gasteiger partial charge in [-0.05, 0) is 91.3 Å². The lowest BCUT2D eigenvalue weighted by Gasteiger charge is -1.92.